The van der Waals surface area contributed by atoms with Gasteiger partial charge >= 0.3 is 0 Å². The Morgan fingerprint density at radius 3 is 2.61 bits per heavy atom. The highest BCUT2D eigenvalue weighted by atomic mass is 16.2. The number of aromatic nitrogens is 1. The lowest BCUT2D eigenvalue weighted by Crippen LogP contribution is -2.24. The van der Waals surface area contributed by atoms with Gasteiger partial charge in [-0.05, 0) is 54.5 Å². The fourth-order valence-corrected chi connectivity index (χ4v) is 4.83. The Balaban J connectivity index is 1.21. The number of H-pyrrole nitrogens is 1. The summed E-state index contributed by atoms with van der Waals surface area (Å²) < 4.78 is 0. The van der Waals surface area contributed by atoms with Crippen LogP contribution in [0.1, 0.15) is 61.6 Å². The van der Waals surface area contributed by atoms with Crippen molar-refractivity contribution in [1.82, 2.24) is 10.3 Å². The Bertz CT molecular complexity index is 1140. The number of hydrogen-bond acceptors (Lipinski definition) is 3. The molecule has 1 aliphatic carbocycles. The van der Waals surface area contributed by atoms with Gasteiger partial charge in [0.15, 0.2) is 5.78 Å². The number of fused-ring (bicyclic) bond motifs is 2. The molecule has 0 unspecified atom stereocenters. The van der Waals surface area contributed by atoms with Crippen LogP contribution in [0.25, 0.3) is 0 Å². The molecule has 0 radical (unpaired) electrons. The van der Waals surface area contributed by atoms with Crippen molar-refractivity contribution in [2.45, 2.75) is 45.7 Å². The van der Waals surface area contributed by atoms with Crippen LogP contribution in [0.3, 0.4) is 0 Å². The summed E-state index contributed by atoms with van der Waals surface area (Å²) in [6.07, 6.45) is 3.36. The number of benzene rings is 2. The molecule has 0 spiro atoms. The fourth-order valence-electron chi connectivity index (χ4n) is 4.83. The quantitative estimate of drug-likeness (QED) is 0.654. The van der Waals surface area contributed by atoms with Gasteiger partial charge in [0, 0.05) is 43.0 Å². The predicted octanol–water partition coefficient (Wildman–Crippen LogP) is 4.33. The molecule has 5 rings (SSSR count). The van der Waals surface area contributed by atoms with E-state index in [0.717, 1.165) is 54.7 Å². The van der Waals surface area contributed by atoms with Crippen LogP contribution in [0.15, 0.2) is 48.5 Å². The molecule has 31 heavy (non-hydrogen) atoms. The number of aryl methyl sites for hydroxylation is 1. The van der Waals surface area contributed by atoms with Crippen molar-refractivity contribution in [3.63, 3.8) is 0 Å². The van der Waals surface area contributed by atoms with Crippen molar-refractivity contribution >= 4 is 17.4 Å². The normalized spacial score (nSPS) is 15.0. The van der Waals surface area contributed by atoms with Crippen molar-refractivity contribution in [3.05, 3.63) is 87.7 Å². The van der Waals surface area contributed by atoms with Crippen molar-refractivity contribution < 1.29 is 9.59 Å². The molecule has 0 saturated carbocycles. The number of hydrogen-bond donors (Lipinski definition) is 2. The molecule has 158 valence electrons. The molecular weight excluding hydrogens is 386 g/mol. The van der Waals surface area contributed by atoms with Crippen LogP contribution in [-0.4, -0.2) is 23.2 Å². The molecule has 1 aliphatic heterocycles. The minimum absolute atomic E-state index is 0.144. The lowest BCUT2D eigenvalue weighted by molar-refractivity contribution is 0.0945. The van der Waals surface area contributed by atoms with Crippen LogP contribution in [0.2, 0.25) is 0 Å². The Morgan fingerprint density at radius 1 is 1.03 bits per heavy atom. The molecular formula is C26H27N3O2. The van der Waals surface area contributed by atoms with E-state index in [-0.39, 0.29) is 11.7 Å². The molecule has 5 heteroatoms. The minimum Gasteiger partial charge on any atom is -0.367 e. The number of ketones is 1. The average molecular weight is 414 g/mol. The number of nitrogens with zero attached hydrogens (tertiary/aromatic N) is 1. The first-order valence-corrected chi connectivity index (χ1v) is 11.0. The van der Waals surface area contributed by atoms with Gasteiger partial charge in [0.25, 0.3) is 5.91 Å². The number of para-hydroxylation sites is 1. The summed E-state index contributed by atoms with van der Waals surface area (Å²) in [5.74, 6) is -0.0114. The van der Waals surface area contributed by atoms with Gasteiger partial charge in [-0.15, -0.1) is 0 Å². The van der Waals surface area contributed by atoms with Crippen LogP contribution in [0.4, 0.5) is 5.69 Å². The first-order chi connectivity index (χ1) is 15.1. The molecule has 3 aromatic rings. The summed E-state index contributed by atoms with van der Waals surface area (Å²) in [6, 6.07) is 17.0. The zero-order valence-electron chi connectivity index (χ0n) is 17.8. The summed E-state index contributed by atoms with van der Waals surface area (Å²) in [7, 11) is 0. The van der Waals surface area contributed by atoms with Gasteiger partial charge in [-0.3, -0.25) is 9.59 Å². The van der Waals surface area contributed by atoms with Crippen molar-refractivity contribution in [3.8, 4) is 0 Å². The molecule has 2 N–H and O–H groups in total. The van der Waals surface area contributed by atoms with E-state index in [2.05, 4.69) is 63.7 Å². The highest BCUT2D eigenvalue weighted by molar-refractivity contribution is 6.04. The Morgan fingerprint density at radius 2 is 1.81 bits per heavy atom. The molecule has 0 atom stereocenters. The zero-order chi connectivity index (χ0) is 21.4. The SMILES string of the molecule is Cc1c(C(=O)NCc2ccc(CN3CCc4ccccc43)cc2)[nH]c2c1C(=O)CCC2. The predicted molar refractivity (Wildman–Crippen MR) is 122 cm³/mol. The Kier molecular flexibility index (Phi) is 5.10. The first kappa shape index (κ1) is 19.6. The monoisotopic (exact) mass is 413 g/mol. The minimum atomic E-state index is -0.155. The highest BCUT2D eigenvalue weighted by Crippen LogP contribution is 2.29. The van der Waals surface area contributed by atoms with Crippen molar-refractivity contribution in [2.24, 2.45) is 0 Å². The third-order valence-electron chi connectivity index (χ3n) is 6.50. The second-order valence-corrected chi connectivity index (χ2v) is 8.55. The van der Waals surface area contributed by atoms with Gasteiger partial charge in [-0.25, -0.2) is 0 Å². The standard InChI is InChI=1S/C26H27N3O2/c1-17-24-21(6-4-8-23(24)30)28-25(17)26(31)27-15-18-9-11-19(12-10-18)16-29-14-13-20-5-2-3-7-22(20)29/h2-3,5,7,9-12,28H,4,6,8,13-16H2,1H3,(H,27,31). The van der Waals surface area contributed by atoms with Crippen LogP contribution >= 0.6 is 0 Å². The van der Waals surface area contributed by atoms with E-state index in [1.165, 1.54) is 16.8 Å². The van der Waals surface area contributed by atoms with Crippen molar-refractivity contribution in [1.29, 1.82) is 0 Å². The molecule has 2 aromatic carbocycles. The molecule has 0 saturated heterocycles. The number of amides is 1. The molecule has 2 aliphatic rings. The lowest BCUT2D eigenvalue weighted by atomic mass is 9.94. The second-order valence-electron chi connectivity index (χ2n) is 8.55. The third-order valence-corrected chi connectivity index (χ3v) is 6.50. The summed E-state index contributed by atoms with van der Waals surface area (Å²) in [6.45, 7) is 4.27. The zero-order valence-corrected chi connectivity index (χ0v) is 17.8. The van der Waals surface area contributed by atoms with Gasteiger partial charge in [0.2, 0.25) is 0 Å². The van der Waals surface area contributed by atoms with Crippen LogP contribution in [-0.2, 0) is 25.9 Å². The smallest absolute Gasteiger partial charge is 0.268 e. The molecule has 0 fully saturated rings. The number of carbonyl (C=O) groups excluding carboxylic acids is 2. The molecule has 2 heterocycles. The maximum Gasteiger partial charge on any atom is 0.268 e. The maximum atomic E-state index is 12.7. The van der Waals surface area contributed by atoms with Crippen LogP contribution in [0, 0.1) is 6.92 Å². The summed E-state index contributed by atoms with van der Waals surface area (Å²) >= 11 is 0. The van der Waals surface area contributed by atoms with Crippen molar-refractivity contribution in [2.75, 3.05) is 11.4 Å². The Labute approximate surface area is 182 Å². The topological polar surface area (TPSA) is 65.2 Å². The second kappa shape index (κ2) is 8.06. The summed E-state index contributed by atoms with van der Waals surface area (Å²) in [4.78, 5) is 30.5. The molecule has 1 amide bonds. The van der Waals surface area contributed by atoms with E-state index in [9.17, 15) is 9.59 Å². The maximum absolute atomic E-state index is 12.7. The number of carbonyl (C=O) groups is 2. The highest BCUT2D eigenvalue weighted by Gasteiger charge is 2.26. The fraction of sp³-hybridized carbons (Fsp3) is 0.308. The number of anilines is 1. The number of nitrogens with one attached hydrogen (secondary N) is 2. The molecule has 5 nitrogen and oxygen atoms in total. The van der Waals surface area contributed by atoms with Gasteiger partial charge in [0.1, 0.15) is 5.69 Å². The number of aromatic amines is 1. The van der Waals surface area contributed by atoms with E-state index in [4.69, 9.17) is 0 Å². The van der Waals surface area contributed by atoms with E-state index in [1.807, 2.05) is 6.92 Å². The van der Waals surface area contributed by atoms with E-state index in [1.54, 1.807) is 0 Å². The largest absolute Gasteiger partial charge is 0.367 e. The van der Waals surface area contributed by atoms with Crippen LogP contribution < -0.4 is 10.2 Å². The van der Waals surface area contributed by atoms with Crippen LogP contribution in [0.5, 0.6) is 0 Å². The van der Waals surface area contributed by atoms with E-state index < -0.39 is 0 Å². The average Bonchev–Trinajstić information content (AvgIpc) is 3.35. The Hall–Kier alpha value is -3.34. The van der Waals surface area contributed by atoms with Gasteiger partial charge < -0.3 is 15.2 Å². The third kappa shape index (κ3) is 3.76. The van der Waals surface area contributed by atoms with Gasteiger partial charge in [-0.1, -0.05) is 42.5 Å². The number of rotatable bonds is 5. The molecule has 1 aromatic heterocycles. The lowest BCUT2D eigenvalue weighted by Gasteiger charge is -2.19. The summed E-state index contributed by atoms with van der Waals surface area (Å²) in [5, 5.41) is 2.99. The van der Waals surface area contributed by atoms with Gasteiger partial charge in [0.05, 0.1) is 0 Å². The van der Waals surface area contributed by atoms with Gasteiger partial charge in [-0.2, -0.15) is 0 Å². The molecule has 0 bridgehead atoms. The van der Waals surface area contributed by atoms with E-state index >= 15 is 0 Å². The first-order valence-electron chi connectivity index (χ1n) is 11.0. The summed E-state index contributed by atoms with van der Waals surface area (Å²) in [5.41, 5.74) is 8.01. The number of Topliss-reactive ketones (excluding diaryl/α,β-unsaturated/α-hetero) is 1. The van der Waals surface area contributed by atoms with E-state index in [0.29, 0.717) is 18.7 Å².